The summed E-state index contributed by atoms with van der Waals surface area (Å²) in [7, 11) is 0. The second-order valence-electron chi connectivity index (χ2n) is 5.15. The highest BCUT2D eigenvalue weighted by Crippen LogP contribution is 2.27. The predicted octanol–water partition coefficient (Wildman–Crippen LogP) is 4.02. The standard InChI is InChI=1S/C17H11BrClFN2O2/c18-11-2-1-3-13(8-11)21-15-14(19)16(23)22(17(15)24)9-10-4-6-12(20)7-5-10/h1-8,21H,9H2. The first-order chi connectivity index (χ1) is 11.5. The zero-order valence-corrected chi connectivity index (χ0v) is 14.6. The lowest BCUT2D eigenvalue weighted by Gasteiger charge is -2.15. The second-order valence-corrected chi connectivity index (χ2v) is 6.44. The molecule has 122 valence electrons. The molecule has 0 atom stereocenters. The van der Waals surface area contributed by atoms with E-state index in [1.165, 1.54) is 24.3 Å². The first-order valence-electron chi connectivity index (χ1n) is 6.98. The van der Waals surface area contributed by atoms with Crippen LogP contribution in [0.4, 0.5) is 10.1 Å². The lowest BCUT2D eigenvalue weighted by molar-refractivity contribution is -0.138. The molecule has 1 N–H and O–H groups in total. The fourth-order valence-corrected chi connectivity index (χ4v) is 2.91. The summed E-state index contributed by atoms with van der Waals surface area (Å²) in [5.41, 5.74) is 1.29. The van der Waals surface area contributed by atoms with Crippen LogP contribution in [-0.4, -0.2) is 16.7 Å². The van der Waals surface area contributed by atoms with Crippen LogP contribution in [0.2, 0.25) is 0 Å². The maximum Gasteiger partial charge on any atom is 0.279 e. The van der Waals surface area contributed by atoms with Crippen LogP contribution in [0.3, 0.4) is 0 Å². The number of imide groups is 1. The van der Waals surface area contributed by atoms with Crippen LogP contribution in [0.15, 0.2) is 63.7 Å². The van der Waals surface area contributed by atoms with Gasteiger partial charge >= 0.3 is 0 Å². The molecule has 0 saturated carbocycles. The van der Waals surface area contributed by atoms with Crippen LogP contribution in [0.5, 0.6) is 0 Å². The lowest BCUT2D eigenvalue weighted by atomic mass is 10.2. The van der Waals surface area contributed by atoms with Gasteiger partial charge in [0.2, 0.25) is 0 Å². The number of nitrogens with zero attached hydrogens (tertiary/aromatic N) is 1. The van der Waals surface area contributed by atoms with Gasteiger partial charge in [-0.3, -0.25) is 14.5 Å². The number of nitrogens with one attached hydrogen (secondary N) is 1. The van der Waals surface area contributed by atoms with E-state index in [1.54, 1.807) is 18.2 Å². The van der Waals surface area contributed by atoms with Crippen molar-refractivity contribution in [3.05, 3.63) is 75.1 Å². The van der Waals surface area contributed by atoms with Gasteiger partial charge in [-0.1, -0.05) is 45.7 Å². The van der Waals surface area contributed by atoms with Gasteiger partial charge in [0.05, 0.1) is 6.54 Å². The molecule has 0 fully saturated rings. The van der Waals surface area contributed by atoms with Crippen molar-refractivity contribution in [1.82, 2.24) is 4.90 Å². The van der Waals surface area contributed by atoms with Gasteiger partial charge in [-0.25, -0.2) is 4.39 Å². The van der Waals surface area contributed by atoms with Crippen LogP contribution in [0.1, 0.15) is 5.56 Å². The van der Waals surface area contributed by atoms with Crippen molar-refractivity contribution < 1.29 is 14.0 Å². The van der Waals surface area contributed by atoms with Crippen molar-refractivity contribution in [2.45, 2.75) is 6.54 Å². The summed E-state index contributed by atoms with van der Waals surface area (Å²) in [5.74, 6) is -1.48. The largest absolute Gasteiger partial charge is 0.350 e. The first-order valence-corrected chi connectivity index (χ1v) is 8.16. The SMILES string of the molecule is O=C1C(Cl)=C(Nc2cccc(Br)c2)C(=O)N1Cc1ccc(F)cc1. The van der Waals surface area contributed by atoms with E-state index in [1.807, 2.05) is 6.07 Å². The molecule has 0 saturated heterocycles. The summed E-state index contributed by atoms with van der Waals surface area (Å²) in [5, 5.41) is 2.72. The summed E-state index contributed by atoms with van der Waals surface area (Å²) < 4.78 is 13.8. The Bertz CT molecular complexity index is 852. The van der Waals surface area contributed by atoms with E-state index in [-0.39, 0.29) is 23.1 Å². The first kappa shape index (κ1) is 16.7. The number of halogens is 3. The molecule has 0 aliphatic carbocycles. The van der Waals surface area contributed by atoms with Gasteiger partial charge in [0.1, 0.15) is 16.5 Å². The molecule has 0 unspecified atom stereocenters. The Morgan fingerprint density at radius 2 is 1.79 bits per heavy atom. The van der Waals surface area contributed by atoms with Crippen molar-refractivity contribution in [2.75, 3.05) is 5.32 Å². The molecular weight excluding hydrogens is 399 g/mol. The second kappa shape index (κ2) is 6.75. The van der Waals surface area contributed by atoms with E-state index in [4.69, 9.17) is 11.6 Å². The van der Waals surface area contributed by atoms with E-state index >= 15 is 0 Å². The molecule has 7 heteroatoms. The Morgan fingerprint density at radius 3 is 2.46 bits per heavy atom. The van der Waals surface area contributed by atoms with Crippen LogP contribution in [0.25, 0.3) is 0 Å². The third-order valence-electron chi connectivity index (χ3n) is 3.46. The number of carbonyl (C=O) groups excluding carboxylic acids is 2. The van der Waals surface area contributed by atoms with Gasteiger partial charge in [-0.15, -0.1) is 0 Å². The van der Waals surface area contributed by atoms with Gasteiger partial charge in [0.25, 0.3) is 11.8 Å². The maximum absolute atomic E-state index is 13.0. The predicted molar refractivity (Wildman–Crippen MR) is 92.6 cm³/mol. The molecule has 0 spiro atoms. The van der Waals surface area contributed by atoms with E-state index in [2.05, 4.69) is 21.2 Å². The number of rotatable bonds is 4. The maximum atomic E-state index is 13.0. The van der Waals surface area contributed by atoms with E-state index in [0.29, 0.717) is 11.3 Å². The van der Waals surface area contributed by atoms with Crippen LogP contribution >= 0.6 is 27.5 Å². The number of anilines is 1. The molecule has 0 bridgehead atoms. The van der Waals surface area contributed by atoms with Crippen LogP contribution in [0, 0.1) is 5.82 Å². The quantitative estimate of drug-likeness (QED) is 0.776. The Kier molecular flexibility index (Phi) is 4.69. The molecule has 24 heavy (non-hydrogen) atoms. The van der Waals surface area contributed by atoms with Gasteiger partial charge in [0, 0.05) is 10.2 Å². The Hall–Kier alpha value is -2.18. The number of benzene rings is 2. The highest BCUT2D eigenvalue weighted by Gasteiger charge is 2.37. The average Bonchev–Trinajstić information content (AvgIpc) is 2.75. The average molecular weight is 410 g/mol. The molecular formula is C17H11BrClFN2O2. The summed E-state index contributed by atoms with van der Waals surface area (Å²) in [6, 6.07) is 12.7. The summed E-state index contributed by atoms with van der Waals surface area (Å²) in [6.07, 6.45) is 0. The van der Waals surface area contributed by atoms with E-state index in [0.717, 1.165) is 9.37 Å². The Balaban J connectivity index is 1.80. The summed E-state index contributed by atoms with van der Waals surface area (Å²) in [6.45, 7) is 0.0256. The molecule has 1 heterocycles. The molecule has 0 aromatic heterocycles. The molecule has 1 aliphatic heterocycles. The minimum Gasteiger partial charge on any atom is -0.350 e. The molecule has 3 rings (SSSR count). The van der Waals surface area contributed by atoms with Crippen molar-refractivity contribution in [3.63, 3.8) is 0 Å². The zero-order chi connectivity index (χ0) is 17.3. The summed E-state index contributed by atoms with van der Waals surface area (Å²) >= 11 is 9.37. The van der Waals surface area contributed by atoms with E-state index < -0.39 is 11.8 Å². The van der Waals surface area contributed by atoms with Gasteiger partial charge in [-0.2, -0.15) is 0 Å². The van der Waals surface area contributed by atoms with Crippen molar-refractivity contribution in [1.29, 1.82) is 0 Å². The molecule has 0 radical (unpaired) electrons. The third kappa shape index (κ3) is 3.34. The molecule has 1 aliphatic rings. The smallest absolute Gasteiger partial charge is 0.279 e. The van der Waals surface area contributed by atoms with Gasteiger partial charge in [-0.05, 0) is 35.9 Å². The topological polar surface area (TPSA) is 49.4 Å². The van der Waals surface area contributed by atoms with Crippen LogP contribution < -0.4 is 5.32 Å². The lowest BCUT2D eigenvalue weighted by Crippen LogP contribution is -2.31. The monoisotopic (exact) mass is 408 g/mol. The fraction of sp³-hybridized carbons (Fsp3) is 0.0588. The fourth-order valence-electron chi connectivity index (χ4n) is 2.28. The number of hydrogen-bond donors (Lipinski definition) is 1. The Labute approximate surface area is 151 Å². The van der Waals surface area contributed by atoms with Gasteiger partial charge < -0.3 is 5.32 Å². The van der Waals surface area contributed by atoms with E-state index in [9.17, 15) is 14.0 Å². The Morgan fingerprint density at radius 1 is 1.08 bits per heavy atom. The zero-order valence-electron chi connectivity index (χ0n) is 12.2. The highest BCUT2D eigenvalue weighted by molar-refractivity contribution is 9.10. The number of carbonyl (C=O) groups is 2. The molecule has 4 nitrogen and oxygen atoms in total. The van der Waals surface area contributed by atoms with Crippen molar-refractivity contribution in [2.24, 2.45) is 0 Å². The third-order valence-corrected chi connectivity index (χ3v) is 4.30. The molecule has 2 amide bonds. The normalized spacial score (nSPS) is 14.5. The van der Waals surface area contributed by atoms with Gasteiger partial charge in [0.15, 0.2) is 0 Å². The summed E-state index contributed by atoms with van der Waals surface area (Å²) in [4.78, 5) is 25.8. The highest BCUT2D eigenvalue weighted by atomic mass is 79.9. The van der Waals surface area contributed by atoms with Crippen molar-refractivity contribution in [3.8, 4) is 0 Å². The number of hydrogen-bond acceptors (Lipinski definition) is 3. The molecule has 2 aromatic carbocycles. The minimum absolute atomic E-state index is 0.0256. The minimum atomic E-state index is -0.580. The number of amides is 2. The van der Waals surface area contributed by atoms with Crippen LogP contribution in [-0.2, 0) is 16.1 Å². The molecule has 2 aromatic rings. The van der Waals surface area contributed by atoms with Crippen molar-refractivity contribution >= 4 is 45.0 Å².